The maximum Gasteiger partial charge on any atom is 0.305 e. The van der Waals surface area contributed by atoms with Gasteiger partial charge in [0.2, 0.25) is 0 Å². The highest BCUT2D eigenvalue weighted by Crippen LogP contribution is 2.49. The van der Waals surface area contributed by atoms with E-state index in [1.54, 1.807) is 0 Å². The van der Waals surface area contributed by atoms with E-state index in [0.717, 1.165) is 6.54 Å². The molecule has 0 aliphatic heterocycles. The minimum Gasteiger partial charge on any atom is -0.469 e. The SMILES string of the molecule is COC(=O)CC1CCC2(CC1)CCC(NCc1ccccc1)CC2. The number of esters is 1. The van der Waals surface area contributed by atoms with E-state index >= 15 is 0 Å². The molecule has 1 aromatic rings. The van der Waals surface area contributed by atoms with Crippen LogP contribution >= 0.6 is 0 Å². The Morgan fingerprint density at radius 1 is 1.08 bits per heavy atom. The Labute approximate surface area is 146 Å². The highest BCUT2D eigenvalue weighted by atomic mass is 16.5. The second-order valence-corrected chi connectivity index (χ2v) is 7.86. The molecule has 3 heteroatoms. The van der Waals surface area contributed by atoms with Crippen LogP contribution in [0.15, 0.2) is 30.3 Å². The number of benzene rings is 1. The lowest BCUT2D eigenvalue weighted by atomic mass is 9.62. The van der Waals surface area contributed by atoms with Crippen molar-refractivity contribution in [2.75, 3.05) is 7.11 Å². The Bertz CT molecular complexity index is 510. The van der Waals surface area contributed by atoms with Crippen molar-refractivity contribution < 1.29 is 9.53 Å². The van der Waals surface area contributed by atoms with Crippen molar-refractivity contribution >= 4 is 5.97 Å². The van der Waals surface area contributed by atoms with Gasteiger partial charge in [0.05, 0.1) is 7.11 Å². The van der Waals surface area contributed by atoms with Crippen LogP contribution in [-0.4, -0.2) is 19.1 Å². The predicted molar refractivity (Wildman–Crippen MR) is 96.6 cm³/mol. The summed E-state index contributed by atoms with van der Waals surface area (Å²) in [6, 6.07) is 11.4. The van der Waals surface area contributed by atoms with E-state index in [0.29, 0.717) is 23.8 Å². The van der Waals surface area contributed by atoms with Crippen molar-refractivity contribution in [1.82, 2.24) is 5.32 Å². The normalized spacial score (nSPS) is 30.2. The van der Waals surface area contributed by atoms with Gasteiger partial charge in [-0.2, -0.15) is 0 Å². The van der Waals surface area contributed by atoms with Gasteiger partial charge in [-0.05, 0) is 68.3 Å². The summed E-state index contributed by atoms with van der Waals surface area (Å²) < 4.78 is 4.82. The predicted octanol–water partition coefficient (Wildman–Crippen LogP) is 4.46. The molecule has 0 bridgehead atoms. The van der Waals surface area contributed by atoms with Crippen LogP contribution in [0.4, 0.5) is 0 Å². The molecule has 0 atom stereocenters. The van der Waals surface area contributed by atoms with Crippen molar-refractivity contribution in [2.24, 2.45) is 11.3 Å². The number of rotatable bonds is 5. The summed E-state index contributed by atoms with van der Waals surface area (Å²) in [6.45, 7) is 0.986. The van der Waals surface area contributed by atoms with Gasteiger partial charge in [0.15, 0.2) is 0 Å². The first-order valence-electron chi connectivity index (χ1n) is 9.53. The number of hydrogen-bond donors (Lipinski definition) is 1. The first-order chi connectivity index (χ1) is 11.7. The van der Waals surface area contributed by atoms with Crippen molar-refractivity contribution in [1.29, 1.82) is 0 Å². The molecule has 2 saturated carbocycles. The van der Waals surface area contributed by atoms with Crippen LogP contribution in [0.2, 0.25) is 0 Å². The fraction of sp³-hybridized carbons (Fsp3) is 0.667. The molecule has 1 spiro atoms. The molecular weight excluding hydrogens is 298 g/mol. The van der Waals surface area contributed by atoms with Gasteiger partial charge in [-0.1, -0.05) is 30.3 Å². The Balaban J connectivity index is 1.40. The van der Waals surface area contributed by atoms with Gasteiger partial charge in [-0.15, -0.1) is 0 Å². The van der Waals surface area contributed by atoms with Crippen LogP contribution in [-0.2, 0) is 16.1 Å². The molecule has 2 fully saturated rings. The van der Waals surface area contributed by atoms with Gasteiger partial charge >= 0.3 is 5.97 Å². The molecule has 1 aromatic carbocycles. The van der Waals surface area contributed by atoms with Crippen LogP contribution in [0, 0.1) is 11.3 Å². The molecule has 2 aliphatic rings. The van der Waals surface area contributed by atoms with E-state index in [1.807, 2.05) is 0 Å². The third-order valence-electron chi connectivity index (χ3n) is 6.33. The molecule has 1 N–H and O–H groups in total. The molecule has 0 amide bonds. The van der Waals surface area contributed by atoms with Crippen LogP contribution in [0.25, 0.3) is 0 Å². The Morgan fingerprint density at radius 3 is 2.33 bits per heavy atom. The summed E-state index contributed by atoms with van der Waals surface area (Å²) in [5, 5.41) is 3.74. The van der Waals surface area contributed by atoms with E-state index in [1.165, 1.54) is 64.0 Å². The zero-order valence-electron chi connectivity index (χ0n) is 14.9. The van der Waals surface area contributed by atoms with Crippen LogP contribution < -0.4 is 5.32 Å². The van der Waals surface area contributed by atoms with Crippen molar-refractivity contribution in [3.63, 3.8) is 0 Å². The second kappa shape index (κ2) is 8.15. The maximum atomic E-state index is 11.4. The molecule has 3 nitrogen and oxygen atoms in total. The standard InChI is InChI=1S/C21H31NO2/c1-24-20(23)15-17-7-11-21(12-8-17)13-9-19(10-14-21)22-16-18-5-3-2-4-6-18/h2-6,17,19,22H,7-16H2,1H3. The first-order valence-corrected chi connectivity index (χ1v) is 9.53. The van der Waals surface area contributed by atoms with Crippen LogP contribution in [0.3, 0.4) is 0 Å². The van der Waals surface area contributed by atoms with Gasteiger partial charge in [-0.3, -0.25) is 4.79 Å². The smallest absolute Gasteiger partial charge is 0.305 e. The number of methoxy groups -OCH3 is 1. The number of hydrogen-bond acceptors (Lipinski definition) is 3. The van der Waals surface area contributed by atoms with E-state index in [-0.39, 0.29) is 5.97 Å². The highest BCUT2D eigenvalue weighted by molar-refractivity contribution is 5.69. The third kappa shape index (κ3) is 4.60. The van der Waals surface area contributed by atoms with Crippen LogP contribution in [0.5, 0.6) is 0 Å². The molecule has 132 valence electrons. The zero-order valence-corrected chi connectivity index (χ0v) is 14.9. The van der Waals surface area contributed by atoms with Crippen molar-refractivity contribution in [3.05, 3.63) is 35.9 Å². The average molecular weight is 329 g/mol. The van der Waals surface area contributed by atoms with Crippen molar-refractivity contribution in [3.8, 4) is 0 Å². The van der Waals surface area contributed by atoms with Gasteiger partial charge in [-0.25, -0.2) is 0 Å². The monoisotopic (exact) mass is 329 g/mol. The van der Waals surface area contributed by atoms with E-state index in [4.69, 9.17) is 4.74 Å². The lowest BCUT2D eigenvalue weighted by Crippen LogP contribution is -2.39. The van der Waals surface area contributed by atoms with E-state index in [9.17, 15) is 4.79 Å². The summed E-state index contributed by atoms with van der Waals surface area (Å²) >= 11 is 0. The summed E-state index contributed by atoms with van der Waals surface area (Å²) in [4.78, 5) is 11.4. The van der Waals surface area contributed by atoms with Gasteiger partial charge < -0.3 is 10.1 Å². The Kier molecular flexibility index (Phi) is 5.94. The minimum atomic E-state index is -0.0372. The second-order valence-electron chi connectivity index (χ2n) is 7.86. The Morgan fingerprint density at radius 2 is 1.71 bits per heavy atom. The zero-order chi connectivity index (χ0) is 16.8. The van der Waals surface area contributed by atoms with E-state index in [2.05, 4.69) is 35.6 Å². The molecule has 24 heavy (non-hydrogen) atoms. The lowest BCUT2D eigenvalue weighted by Gasteiger charge is -2.45. The number of ether oxygens (including phenoxy) is 1. The molecular formula is C21H31NO2. The fourth-order valence-corrected chi connectivity index (χ4v) is 4.61. The molecule has 3 rings (SSSR count). The quantitative estimate of drug-likeness (QED) is 0.811. The van der Waals surface area contributed by atoms with Gasteiger partial charge in [0.25, 0.3) is 0 Å². The molecule has 0 saturated heterocycles. The third-order valence-corrected chi connectivity index (χ3v) is 6.33. The summed E-state index contributed by atoms with van der Waals surface area (Å²) in [6.07, 6.45) is 10.9. The molecule has 0 radical (unpaired) electrons. The highest BCUT2D eigenvalue weighted by Gasteiger charge is 2.38. The Hall–Kier alpha value is -1.35. The maximum absolute atomic E-state index is 11.4. The van der Waals surface area contributed by atoms with Crippen molar-refractivity contribution in [2.45, 2.75) is 70.4 Å². The fourth-order valence-electron chi connectivity index (χ4n) is 4.61. The van der Waals surface area contributed by atoms with Gasteiger partial charge in [0.1, 0.15) is 0 Å². The molecule has 0 heterocycles. The number of nitrogens with one attached hydrogen (secondary N) is 1. The molecule has 0 aromatic heterocycles. The van der Waals surface area contributed by atoms with E-state index < -0.39 is 0 Å². The topological polar surface area (TPSA) is 38.3 Å². The first kappa shape index (κ1) is 17.5. The average Bonchev–Trinajstić information content (AvgIpc) is 2.64. The lowest BCUT2D eigenvalue weighted by molar-refractivity contribution is -0.142. The number of carbonyl (C=O) groups excluding carboxylic acids is 1. The van der Waals surface area contributed by atoms with Crippen LogP contribution in [0.1, 0.15) is 63.4 Å². The summed E-state index contributed by atoms with van der Waals surface area (Å²) in [5.41, 5.74) is 1.94. The summed E-state index contributed by atoms with van der Waals surface area (Å²) in [5.74, 6) is 0.516. The van der Waals surface area contributed by atoms with Gasteiger partial charge in [0, 0.05) is 19.0 Å². The molecule has 2 aliphatic carbocycles. The number of carbonyl (C=O) groups is 1. The largest absolute Gasteiger partial charge is 0.469 e. The molecule has 0 unspecified atom stereocenters. The summed E-state index contributed by atoms with van der Waals surface area (Å²) in [7, 11) is 1.50. The minimum absolute atomic E-state index is 0.0372.